The summed E-state index contributed by atoms with van der Waals surface area (Å²) in [5.74, 6) is -0.0333. The summed E-state index contributed by atoms with van der Waals surface area (Å²) in [5, 5.41) is 4.95. The van der Waals surface area contributed by atoms with E-state index in [1.807, 2.05) is 48.7 Å². The molecule has 0 aliphatic carbocycles. The number of rotatable bonds is 3. The van der Waals surface area contributed by atoms with Gasteiger partial charge in [0.25, 0.3) is 0 Å². The maximum Gasteiger partial charge on any atom is 0.237 e. The van der Waals surface area contributed by atoms with Gasteiger partial charge in [0.1, 0.15) is 0 Å². The van der Waals surface area contributed by atoms with Crippen molar-refractivity contribution in [1.29, 1.82) is 0 Å². The zero-order chi connectivity index (χ0) is 12.3. The van der Waals surface area contributed by atoms with Gasteiger partial charge in [0.05, 0.1) is 4.83 Å². The van der Waals surface area contributed by atoms with Gasteiger partial charge in [0.15, 0.2) is 0 Å². The van der Waals surface area contributed by atoms with Crippen LogP contribution in [0.25, 0.3) is 10.4 Å². The number of anilines is 1. The maximum absolute atomic E-state index is 11.7. The minimum atomic E-state index is -0.195. The number of hydrogen-bond donors (Lipinski definition) is 1. The average Bonchev–Trinajstić information content (AvgIpc) is 2.83. The molecule has 0 fully saturated rings. The molecule has 0 aliphatic heterocycles. The number of carbonyl (C=O) groups is 1. The van der Waals surface area contributed by atoms with Gasteiger partial charge in [-0.1, -0.05) is 40.2 Å². The molecule has 88 valence electrons. The molecule has 1 aromatic carbocycles. The number of thiophene rings is 1. The van der Waals surface area contributed by atoms with Crippen molar-refractivity contribution in [1.82, 2.24) is 0 Å². The van der Waals surface area contributed by atoms with Crippen LogP contribution in [0.2, 0.25) is 0 Å². The van der Waals surface area contributed by atoms with E-state index in [0.29, 0.717) is 0 Å². The molecule has 0 radical (unpaired) electrons. The van der Waals surface area contributed by atoms with Crippen molar-refractivity contribution in [3.8, 4) is 10.4 Å². The van der Waals surface area contributed by atoms with Crippen LogP contribution < -0.4 is 5.32 Å². The molecule has 4 heteroatoms. The molecule has 1 unspecified atom stereocenters. The molecule has 1 aromatic heterocycles. The van der Waals surface area contributed by atoms with Gasteiger partial charge in [-0.15, -0.1) is 11.3 Å². The number of halogens is 1. The summed E-state index contributed by atoms with van der Waals surface area (Å²) in [5.41, 5.74) is 1.91. The van der Waals surface area contributed by atoms with Crippen LogP contribution in [-0.2, 0) is 4.79 Å². The van der Waals surface area contributed by atoms with Crippen molar-refractivity contribution in [2.45, 2.75) is 11.8 Å². The molecular weight excluding hydrogens is 298 g/mol. The smallest absolute Gasteiger partial charge is 0.237 e. The zero-order valence-corrected chi connectivity index (χ0v) is 11.7. The highest BCUT2D eigenvalue weighted by Gasteiger charge is 2.12. The van der Waals surface area contributed by atoms with Crippen LogP contribution in [0.1, 0.15) is 6.92 Å². The standard InChI is InChI=1S/C13H12BrNOS/c1-9(14)13(16)15-11-6-3-2-5-10(11)12-7-4-8-17-12/h2-9H,1H3,(H,15,16). The van der Waals surface area contributed by atoms with E-state index in [-0.39, 0.29) is 10.7 Å². The van der Waals surface area contributed by atoms with E-state index in [1.54, 1.807) is 11.3 Å². The highest BCUT2D eigenvalue weighted by molar-refractivity contribution is 9.10. The fraction of sp³-hybridized carbons (Fsp3) is 0.154. The predicted octanol–water partition coefficient (Wildman–Crippen LogP) is 4.14. The van der Waals surface area contributed by atoms with Crippen molar-refractivity contribution < 1.29 is 4.79 Å². The van der Waals surface area contributed by atoms with Gasteiger partial charge in [0, 0.05) is 16.1 Å². The quantitative estimate of drug-likeness (QED) is 0.848. The molecule has 2 rings (SSSR count). The lowest BCUT2D eigenvalue weighted by Crippen LogP contribution is -2.20. The van der Waals surface area contributed by atoms with Crippen LogP contribution in [-0.4, -0.2) is 10.7 Å². The Morgan fingerprint density at radius 2 is 2.06 bits per heavy atom. The molecule has 0 spiro atoms. The third-order valence-electron chi connectivity index (χ3n) is 2.33. The highest BCUT2D eigenvalue weighted by Crippen LogP contribution is 2.31. The van der Waals surface area contributed by atoms with E-state index in [1.165, 1.54) is 0 Å². The number of hydrogen-bond acceptors (Lipinski definition) is 2. The molecule has 1 amide bonds. The van der Waals surface area contributed by atoms with Gasteiger partial charge in [-0.25, -0.2) is 0 Å². The summed E-state index contributed by atoms with van der Waals surface area (Å²) in [6.07, 6.45) is 0. The van der Waals surface area contributed by atoms with E-state index >= 15 is 0 Å². The van der Waals surface area contributed by atoms with Crippen molar-refractivity contribution >= 4 is 38.9 Å². The fourth-order valence-electron chi connectivity index (χ4n) is 1.47. The number of carbonyl (C=O) groups excluding carboxylic acids is 1. The van der Waals surface area contributed by atoms with Gasteiger partial charge < -0.3 is 5.32 Å². The van der Waals surface area contributed by atoms with Crippen LogP contribution in [0.5, 0.6) is 0 Å². The van der Waals surface area contributed by atoms with Gasteiger partial charge in [-0.05, 0) is 24.4 Å². The van der Waals surface area contributed by atoms with Crippen LogP contribution in [0.15, 0.2) is 41.8 Å². The first-order valence-electron chi connectivity index (χ1n) is 5.26. The lowest BCUT2D eigenvalue weighted by atomic mass is 10.1. The van der Waals surface area contributed by atoms with E-state index in [9.17, 15) is 4.79 Å². The second kappa shape index (κ2) is 5.47. The third-order valence-corrected chi connectivity index (χ3v) is 3.65. The number of nitrogens with one attached hydrogen (secondary N) is 1. The monoisotopic (exact) mass is 309 g/mol. The first-order chi connectivity index (χ1) is 8.18. The van der Waals surface area contributed by atoms with Crippen molar-refractivity contribution in [3.05, 3.63) is 41.8 Å². The highest BCUT2D eigenvalue weighted by atomic mass is 79.9. The van der Waals surface area contributed by atoms with Gasteiger partial charge >= 0.3 is 0 Å². The molecule has 1 heterocycles. The fourth-order valence-corrected chi connectivity index (χ4v) is 2.35. The summed E-state index contributed by atoms with van der Waals surface area (Å²) < 4.78 is 0. The molecule has 1 N–H and O–H groups in total. The Hall–Kier alpha value is -1.13. The number of alkyl halides is 1. The molecular formula is C13H12BrNOS. The number of para-hydroxylation sites is 1. The molecule has 1 atom stereocenters. The van der Waals surface area contributed by atoms with E-state index in [2.05, 4.69) is 21.2 Å². The number of amides is 1. The van der Waals surface area contributed by atoms with E-state index in [0.717, 1.165) is 16.1 Å². The zero-order valence-electron chi connectivity index (χ0n) is 9.31. The Kier molecular flexibility index (Phi) is 3.97. The lowest BCUT2D eigenvalue weighted by Gasteiger charge is -2.10. The normalized spacial score (nSPS) is 12.1. The summed E-state index contributed by atoms with van der Waals surface area (Å²) >= 11 is 4.92. The second-order valence-corrected chi connectivity index (χ2v) is 5.95. The molecule has 0 aliphatic rings. The summed E-state index contributed by atoms with van der Waals surface area (Å²) in [7, 11) is 0. The predicted molar refractivity (Wildman–Crippen MR) is 76.8 cm³/mol. The van der Waals surface area contributed by atoms with Crippen LogP contribution in [0.4, 0.5) is 5.69 Å². The molecule has 2 aromatic rings. The summed E-state index contributed by atoms with van der Waals surface area (Å²) in [4.78, 5) is 12.6. The van der Waals surface area contributed by atoms with Crippen LogP contribution in [0, 0.1) is 0 Å². The molecule has 0 saturated carbocycles. The van der Waals surface area contributed by atoms with E-state index < -0.39 is 0 Å². The minimum Gasteiger partial charge on any atom is -0.325 e. The molecule has 2 nitrogen and oxygen atoms in total. The Morgan fingerprint density at radius 3 is 2.71 bits per heavy atom. The Morgan fingerprint density at radius 1 is 1.29 bits per heavy atom. The molecule has 17 heavy (non-hydrogen) atoms. The first-order valence-corrected chi connectivity index (χ1v) is 7.06. The Bertz CT molecular complexity index is 508. The Balaban J connectivity index is 2.32. The summed E-state index contributed by atoms with van der Waals surface area (Å²) in [6.45, 7) is 1.81. The lowest BCUT2D eigenvalue weighted by molar-refractivity contribution is -0.115. The maximum atomic E-state index is 11.7. The van der Waals surface area contributed by atoms with Gasteiger partial charge in [0.2, 0.25) is 5.91 Å². The van der Waals surface area contributed by atoms with Crippen LogP contribution in [0.3, 0.4) is 0 Å². The van der Waals surface area contributed by atoms with Crippen LogP contribution >= 0.6 is 27.3 Å². The van der Waals surface area contributed by atoms with Gasteiger partial charge in [-0.2, -0.15) is 0 Å². The summed E-state index contributed by atoms with van der Waals surface area (Å²) in [6, 6.07) is 11.9. The van der Waals surface area contributed by atoms with Crippen molar-refractivity contribution in [3.63, 3.8) is 0 Å². The van der Waals surface area contributed by atoms with E-state index in [4.69, 9.17) is 0 Å². The minimum absolute atomic E-state index is 0.0333. The topological polar surface area (TPSA) is 29.1 Å². The number of benzene rings is 1. The molecule has 0 bridgehead atoms. The second-order valence-electron chi connectivity index (χ2n) is 3.63. The SMILES string of the molecule is CC(Br)C(=O)Nc1ccccc1-c1cccs1. The van der Waals surface area contributed by atoms with Crippen molar-refractivity contribution in [2.75, 3.05) is 5.32 Å². The Labute approximate surface area is 113 Å². The molecule has 0 saturated heterocycles. The average molecular weight is 310 g/mol. The van der Waals surface area contributed by atoms with Gasteiger partial charge in [-0.3, -0.25) is 4.79 Å². The first kappa shape index (κ1) is 12.3. The largest absolute Gasteiger partial charge is 0.325 e. The van der Waals surface area contributed by atoms with Crippen molar-refractivity contribution in [2.24, 2.45) is 0 Å². The third kappa shape index (κ3) is 2.96.